The molecule has 2 nitrogen and oxygen atoms in total. The van der Waals surface area contributed by atoms with Gasteiger partial charge in [0, 0.05) is 0 Å². The van der Waals surface area contributed by atoms with Crippen molar-refractivity contribution in [2.45, 2.75) is 25.8 Å². The smallest absolute Gasteiger partial charge is 0.262 e. The Morgan fingerprint density at radius 2 is 2.57 bits per heavy atom. The molecule has 14 heavy (non-hydrogen) atoms. The lowest BCUT2D eigenvalue weighted by Crippen LogP contribution is -2.33. The second-order valence-corrected chi connectivity index (χ2v) is 3.91. The van der Waals surface area contributed by atoms with Gasteiger partial charge in [-0.2, -0.15) is 0 Å². The van der Waals surface area contributed by atoms with Crippen LogP contribution in [0.2, 0.25) is 0 Å². The van der Waals surface area contributed by atoms with Crippen molar-refractivity contribution in [2.75, 3.05) is 0 Å². The molecule has 0 aromatic carbocycles. The topological polar surface area (TPSA) is 29.1 Å². The third-order valence-electron chi connectivity index (χ3n) is 1.83. The fourth-order valence-corrected chi connectivity index (χ4v) is 1.75. The number of nitrogens with one attached hydrogen (secondary N) is 1. The number of amides is 1. The third-order valence-corrected chi connectivity index (χ3v) is 2.70. The van der Waals surface area contributed by atoms with E-state index in [1.807, 2.05) is 18.4 Å². The van der Waals surface area contributed by atoms with Crippen LogP contribution in [0.1, 0.15) is 29.4 Å². The maximum atomic E-state index is 11.6. The summed E-state index contributed by atoms with van der Waals surface area (Å²) in [6, 6.07) is 3.50. The van der Waals surface area contributed by atoms with Crippen LogP contribution in [0.25, 0.3) is 0 Å². The Kier molecular flexibility index (Phi) is 4.21. The molecule has 1 aromatic heterocycles. The summed E-state index contributed by atoms with van der Waals surface area (Å²) in [5.74, 6) is 2.50. The standard InChI is InChI=1S/C11H13NOS/c1-3-6-9(4-2)12-11(13)10-7-5-8-14-10/h2,5,7-9H,3,6H2,1H3,(H,12,13). The first-order chi connectivity index (χ1) is 6.77. The van der Waals surface area contributed by atoms with Gasteiger partial charge in [0.05, 0.1) is 10.9 Å². The number of rotatable bonds is 4. The zero-order valence-corrected chi connectivity index (χ0v) is 8.93. The molecule has 0 aliphatic heterocycles. The molecule has 0 aliphatic carbocycles. The summed E-state index contributed by atoms with van der Waals surface area (Å²) in [5, 5.41) is 4.68. The number of hydrogen-bond acceptors (Lipinski definition) is 2. The molecule has 0 spiro atoms. The van der Waals surface area contributed by atoms with Crippen molar-refractivity contribution in [2.24, 2.45) is 0 Å². The van der Waals surface area contributed by atoms with E-state index in [4.69, 9.17) is 6.42 Å². The lowest BCUT2D eigenvalue weighted by atomic mass is 10.2. The molecule has 1 aromatic rings. The van der Waals surface area contributed by atoms with Crippen LogP contribution in [-0.4, -0.2) is 11.9 Å². The van der Waals surface area contributed by atoms with Gasteiger partial charge >= 0.3 is 0 Å². The van der Waals surface area contributed by atoms with Crippen LogP contribution in [0.4, 0.5) is 0 Å². The van der Waals surface area contributed by atoms with Gasteiger partial charge in [-0.05, 0) is 17.9 Å². The molecule has 1 unspecified atom stereocenters. The summed E-state index contributed by atoms with van der Waals surface area (Å²) in [5.41, 5.74) is 0. The van der Waals surface area contributed by atoms with Crippen molar-refractivity contribution in [3.8, 4) is 12.3 Å². The van der Waals surface area contributed by atoms with Crippen molar-refractivity contribution in [1.82, 2.24) is 5.32 Å². The predicted octanol–water partition coefficient (Wildman–Crippen LogP) is 2.28. The number of terminal acetylenes is 1. The monoisotopic (exact) mass is 207 g/mol. The highest BCUT2D eigenvalue weighted by Crippen LogP contribution is 2.08. The summed E-state index contributed by atoms with van der Waals surface area (Å²) in [6.45, 7) is 2.04. The molecule has 1 rings (SSSR count). The Balaban J connectivity index is 2.52. The Morgan fingerprint density at radius 1 is 1.79 bits per heavy atom. The van der Waals surface area contributed by atoms with Crippen LogP contribution in [0.3, 0.4) is 0 Å². The van der Waals surface area contributed by atoms with E-state index in [2.05, 4.69) is 11.2 Å². The van der Waals surface area contributed by atoms with Gasteiger partial charge in [0.15, 0.2) is 0 Å². The fourth-order valence-electron chi connectivity index (χ4n) is 1.12. The van der Waals surface area contributed by atoms with Gasteiger partial charge in [-0.3, -0.25) is 4.79 Å². The molecule has 74 valence electrons. The normalized spacial score (nSPS) is 11.7. The molecule has 0 bridgehead atoms. The van der Waals surface area contributed by atoms with Gasteiger partial charge in [0.2, 0.25) is 0 Å². The van der Waals surface area contributed by atoms with E-state index < -0.39 is 0 Å². The first-order valence-electron chi connectivity index (χ1n) is 4.58. The second-order valence-electron chi connectivity index (χ2n) is 2.96. The quantitative estimate of drug-likeness (QED) is 0.754. The van der Waals surface area contributed by atoms with Crippen LogP contribution in [0.5, 0.6) is 0 Å². The van der Waals surface area contributed by atoms with E-state index in [0.29, 0.717) is 4.88 Å². The van der Waals surface area contributed by atoms with E-state index in [1.165, 1.54) is 11.3 Å². The SMILES string of the molecule is C#CC(CCC)NC(=O)c1cccs1. The van der Waals surface area contributed by atoms with Gasteiger partial charge in [0.1, 0.15) is 0 Å². The summed E-state index contributed by atoms with van der Waals surface area (Å²) in [6.07, 6.45) is 7.10. The average Bonchev–Trinajstić information content (AvgIpc) is 2.69. The summed E-state index contributed by atoms with van der Waals surface area (Å²) in [7, 11) is 0. The van der Waals surface area contributed by atoms with E-state index >= 15 is 0 Å². The van der Waals surface area contributed by atoms with Crippen LogP contribution in [0.15, 0.2) is 17.5 Å². The molecule has 1 N–H and O–H groups in total. The number of carbonyl (C=O) groups excluding carboxylic acids is 1. The van der Waals surface area contributed by atoms with E-state index in [0.717, 1.165) is 12.8 Å². The van der Waals surface area contributed by atoms with Crippen molar-refractivity contribution in [3.63, 3.8) is 0 Å². The van der Waals surface area contributed by atoms with Crippen molar-refractivity contribution < 1.29 is 4.79 Å². The largest absolute Gasteiger partial charge is 0.338 e. The molecule has 0 saturated heterocycles. The van der Waals surface area contributed by atoms with Crippen LogP contribution in [-0.2, 0) is 0 Å². The van der Waals surface area contributed by atoms with Gasteiger partial charge in [-0.15, -0.1) is 17.8 Å². The first kappa shape index (κ1) is 10.8. The van der Waals surface area contributed by atoms with Gasteiger partial charge < -0.3 is 5.32 Å². The van der Waals surface area contributed by atoms with Crippen LogP contribution in [0, 0.1) is 12.3 Å². The van der Waals surface area contributed by atoms with Crippen molar-refractivity contribution in [3.05, 3.63) is 22.4 Å². The lowest BCUT2D eigenvalue weighted by Gasteiger charge is -2.10. The highest BCUT2D eigenvalue weighted by atomic mass is 32.1. The van der Waals surface area contributed by atoms with Crippen LogP contribution >= 0.6 is 11.3 Å². The highest BCUT2D eigenvalue weighted by Gasteiger charge is 2.10. The molecule has 3 heteroatoms. The Bertz CT molecular complexity index is 324. The Labute approximate surface area is 88.3 Å². The average molecular weight is 207 g/mol. The van der Waals surface area contributed by atoms with Crippen molar-refractivity contribution in [1.29, 1.82) is 0 Å². The third kappa shape index (κ3) is 2.90. The van der Waals surface area contributed by atoms with Crippen molar-refractivity contribution >= 4 is 17.2 Å². The van der Waals surface area contributed by atoms with Gasteiger partial charge in [0.25, 0.3) is 5.91 Å². The molecule has 1 heterocycles. The first-order valence-corrected chi connectivity index (χ1v) is 5.46. The van der Waals surface area contributed by atoms with E-state index in [1.54, 1.807) is 6.07 Å². The second kappa shape index (κ2) is 5.46. The molecule has 0 fully saturated rings. The van der Waals surface area contributed by atoms with Gasteiger partial charge in [-0.1, -0.05) is 25.3 Å². The lowest BCUT2D eigenvalue weighted by molar-refractivity contribution is 0.0948. The zero-order chi connectivity index (χ0) is 10.4. The molecule has 1 atom stereocenters. The number of hydrogen-bond donors (Lipinski definition) is 1. The molecular formula is C11H13NOS. The fraction of sp³-hybridized carbons (Fsp3) is 0.364. The predicted molar refractivity (Wildman–Crippen MR) is 59.3 cm³/mol. The zero-order valence-electron chi connectivity index (χ0n) is 8.12. The van der Waals surface area contributed by atoms with Crippen LogP contribution < -0.4 is 5.32 Å². The van der Waals surface area contributed by atoms with Gasteiger partial charge in [-0.25, -0.2) is 0 Å². The number of carbonyl (C=O) groups is 1. The minimum Gasteiger partial charge on any atom is -0.338 e. The molecular weight excluding hydrogens is 194 g/mol. The molecule has 0 aliphatic rings. The molecule has 0 radical (unpaired) electrons. The highest BCUT2D eigenvalue weighted by molar-refractivity contribution is 7.12. The minimum absolute atomic E-state index is 0.0728. The number of thiophene rings is 1. The minimum atomic E-state index is -0.144. The summed E-state index contributed by atoms with van der Waals surface area (Å²) in [4.78, 5) is 12.3. The Morgan fingerprint density at radius 3 is 3.07 bits per heavy atom. The van der Waals surface area contributed by atoms with E-state index in [9.17, 15) is 4.79 Å². The summed E-state index contributed by atoms with van der Waals surface area (Å²) >= 11 is 1.42. The maximum Gasteiger partial charge on any atom is 0.262 e. The van der Waals surface area contributed by atoms with E-state index in [-0.39, 0.29) is 11.9 Å². The maximum absolute atomic E-state index is 11.6. The Hall–Kier alpha value is -1.27. The molecule has 1 amide bonds. The molecule has 0 saturated carbocycles. The summed E-state index contributed by atoms with van der Waals surface area (Å²) < 4.78 is 0.